The van der Waals surface area contributed by atoms with Crippen molar-refractivity contribution in [3.8, 4) is 34.3 Å². The molecule has 1 saturated heterocycles. The molecule has 0 atom stereocenters. The quantitative estimate of drug-likeness (QED) is 0.333. The third-order valence-electron chi connectivity index (χ3n) is 6.97. The fourth-order valence-electron chi connectivity index (χ4n) is 4.85. The summed E-state index contributed by atoms with van der Waals surface area (Å²) in [5, 5.41) is 3.99. The van der Waals surface area contributed by atoms with Gasteiger partial charge in [-0.25, -0.2) is 0 Å². The molecule has 4 aromatic rings. The molecule has 0 bridgehead atoms. The second-order valence-electron chi connectivity index (χ2n) is 9.72. The van der Waals surface area contributed by atoms with Crippen molar-refractivity contribution in [2.24, 2.45) is 0 Å². The van der Waals surface area contributed by atoms with Crippen LogP contribution >= 0.6 is 0 Å². The summed E-state index contributed by atoms with van der Waals surface area (Å²) in [6, 6.07) is 18.0. The van der Waals surface area contributed by atoms with Gasteiger partial charge in [-0.2, -0.15) is 18.2 Å². The molecule has 1 aromatic heterocycles. The van der Waals surface area contributed by atoms with Gasteiger partial charge < -0.3 is 18.9 Å². The number of carbonyl (C=O) groups excluding carboxylic acids is 1. The maximum Gasteiger partial charge on any atom is 0.416 e. The predicted octanol–water partition coefficient (Wildman–Crippen LogP) is 5.04. The number of fused-ring (bicyclic) bond motifs is 1. The fraction of sp³-hybridized carbons (Fsp3) is 0.276. The number of benzene rings is 3. The topological polar surface area (TPSA) is 80.9 Å². The lowest BCUT2D eigenvalue weighted by molar-refractivity contribution is -0.137. The zero-order chi connectivity index (χ0) is 27.7. The molecule has 11 heteroatoms. The van der Waals surface area contributed by atoms with E-state index in [2.05, 4.69) is 15.0 Å². The van der Waals surface area contributed by atoms with E-state index < -0.39 is 11.7 Å². The molecule has 2 aliphatic rings. The van der Waals surface area contributed by atoms with Gasteiger partial charge in [0.05, 0.1) is 12.0 Å². The van der Waals surface area contributed by atoms with E-state index in [9.17, 15) is 18.0 Å². The number of nitrogens with zero attached hydrogens (tertiary/aromatic N) is 4. The number of hydrogen-bond acceptors (Lipinski definition) is 7. The van der Waals surface area contributed by atoms with Gasteiger partial charge in [0, 0.05) is 43.9 Å². The summed E-state index contributed by atoms with van der Waals surface area (Å²) in [6.07, 6.45) is -4.15. The van der Waals surface area contributed by atoms with Crippen molar-refractivity contribution in [1.82, 2.24) is 19.9 Å². The first-order valence-electron chi connectivity index (χ1n) is 12.8. The number of halogens is 3. The van der Waals surface area contributed by atoms with Crippen LogP contribution in [-0.4, -0.2) is 58.8 Å². The predicted molar refractivity (Wildman–Crippen MR) is 138 cm³/mol. The Morgan fingerprint density at radius 2 is 1.62 bits per heavy atom. The molecule has 0 saturated carbocycles. The van der Waals surface area contributed by atoms with Crippen LogP contribution in [0.5, 0.6) is 11.5 Å². The number of piperazine rings is 1. The average Bonchev–Trinajstić information content (AvgIpc) is 3.63. The first kappa shape index (κ1) is 25.9. The molecule has 3 aromatic carbocycles. The van der Waals surface area contributed by atoms with E-state index in [1.807, 2.05) is 47.4 Å². The third kappa shape index (κ3) is 5.64. The van der Waals surface area contributed by atoms with Crippen molar-refractivity contribution in [2.75, 3.05) is 33.0 Å². The van der Waals surface area contributed by atoms with Crippen LogP contribution in [0, 0.1) is 0 Å². The molecule has 0 radical (unpaired) electrons. The second-order valence-corrected chi connectivity index (χ2v) is 9.72. The first-order chi connectivity index (χ1) is 19.3. The van der Waals surface area contributed by atoms with Gasteiger partial charge >= 0.3 is 6.18 Å². The van der Waals surface area contributed by atoms with Crippen molar-refractivity contribution in [1.29, 1.82) is 0 Å². The van der Waals surface area contributed by atoms with Crippen molar-refractivity contribution < 1.29 is 32.0 Å². The fourth-order valence-corrected chi connectivity index (χ4v) is 4.85. The van der Waals surface area contributed by atoms with Gasteiger partial charge in [-0.3, -0.25) is 9.69 Å². The van der Waals surface area contributed by atoms with Gasteiger partial charge in [0.2, 0.25) is 18.5 Å². The minimum absolute atomic E-state index is 0.0213. The van der Waals surface area contributed by atoms with E-state index in [1.54, 1.807) is 0 Å². The molecule has 0 spiro atoms. The van der Waals surface area contributed by atoms with Crippen molar-refractivity contribution in [3.63, 3.8) is 0 Å². The van der Waals surface area contributed by atoms with Crippen molar-refractivity contribution in [2.45, 2.75) is 19.1 Å². The number of carbonyl (C=O) groups is 1. The molecule has 0 unspecified atom stereocenters. The molecular weight excluding hydrogens is 525 g/mol. The van der Waals surface area contributed by atoms with Crippen LogP contribution in [-0.2, 0) is 23.9 Å². The normalized spacial score (nSPS) is 15.4. The molecular formula is C29H25F3N4O4. The first-order valence-corrected chi connectivity index (χ1v) is 12.8. The Morgan fingerprint density at radius 3 is 2.45 bits per heavy atom. The molecule has 2 aliphatic heterocycles. The Balaban J connectivity index is 1.05. The molecule has 0 aliphatic carbocycles. The number of rotatable bonds is 6. The average molecular weight is 551 g/mol. The van der Waals surface area contributed by atoms with Crippen LogP contribution in [0.4, 0.5) is 13.2 Å². The zero-order valence-corrected chi connectivity index (χ0v) is 21.4. The van der Waals surface area contributed by atoms with Gasteiger partial charge in [-0.15, -0.1) is 0 Å². The number of aromatic nitrogens is 2. The van der Waals surface area contributed by atoms with E-state index in [0.717, 1.165) is 36.3 Å². The van der Waals surface area contributed by atoms with Crippen molar-refractivity contribution in [3.05, 3.63) is 83.4 Å². The summed E-state index contributed by atoms with van der Waals surface area (Å²) in [5.74, 6) is 1.77. The van der Waals surface area contributed by atoms with E-state index >= 15 is 0 Å². The Bertz CT molecular complexity index is 1530. The van der Waals surface area contributed by atoms with Gasteiger partial charge in [0.1, 0.15) is 0 Å². The summed E-state index contributed by atoms with van der Waals surface area (Å²) in [7, 11) is 0. The third-order valence-corrected chi connectivity index (χ3v) is 6.97. The van der Waals surface area contributed by atoms with Crippen LogP contribution in [0.25, 0.3) is 22.8 Å². The highest BCUT2D eigenvalue weighted by Gasteiger charge is 2.31. The highest BCUT2D eigenvalue weighted by Crippen LogP contribution is 2.33. The van der Waals surface area contributed by atoms with Crippen LogP contribution in [0.2, 0.25) is 0 Å². The molecule has 1 amide bonds. The maximum atomic E-state index is 13.1. The molecule has 1 fully saturated rings. The number of hydrogen-bond donors (Lipinski definition) is 0. The Labute approximate surface area is 227 Å². The summed E-state index contributed by atoms with van der Waals surface area (Å²) in [4.78, 5) is 21.3. The van der Waals surface area contributed by atoms with Crippen LogP contribution in [0.15, 0.2) is 71.3 Å². The largest absolute Gasteiger partial charge is 0.454 e. The minimum atomic E-state index is -4.46. The molecule has 8 nitrogen and oxygen atoms in total. The lowest BCUT2D eigenvalue weighted by atomic mass is 10.1. The van der Waals surface area contributed by atoms with Gasteiger partial charge in [-0.05, 0) is 47.5 Å². The Morgan fingerprint density at radius 1 is 0.850 bits per heavy atom. The SMILES string of the molecule is O=C(Cc1ccc2c(c1)OCO2)N1CCN(Cc2cccc(-c3noc(-c4cccc(C(F)(F)F)c4)n3)c2)CC1. The van der Waals surface area contributed by atoms with Crippen LogP contribution < -0.4 is 9.47 Å². The Hall–Kier alpha value is -4.38. The molecule has 206 valence electrons. The lowest BCUT2D eigenvalue weighted by Crippen LogP contribution is -2.48. The highest BCUT2D eigenvalue weighted by atomic mass is 19.4. The summed E-state index contributed by atoms with van der Waals surface area (Å²) < 4.78 is 55.3. The second kappa shape index (κ2) is 10.6. The van der Waals surface area contributed by atoms with E-state index in [0.29, 0.717) is 48.9 Å². The number of ether oxygens (including phenoxy) is 2. The summed E-state index contributed by atoms with van der Waals surface area (Å²) >= 11 is 0. The molecule has 0 N–H and O–H groups in total. The standard InChI is InChI=1S/C29H25F3N4O4/c30-29(31,32)23-6-2-5-22(16-23)28-33-27(34-40-28)21-4-1-3-20(13-21)17-35-9-11-36(12-10-35)26(37)15-19-7-8-24-25(14-19)39-18-38-24/h1-8,13-14,16H,9-12,15,17-18H2. The van der Waals surface area contributed by atoms with Crippen LogP contribution in [0.1, 0.15) is 16.7 Å². The number of alkyl halides is 3. The monoisotopic (exact) mass is 550 g/mol. The molecule has 40 heavy (non-hydrogen) atoms. The van der Waals surface area contributed by atoms with Gasteiger partial charge in [-0.1, -0.05) is 35.5 Å². The van der Waals surface area contributed by atoms with Gasteiger partial charge in [0.15, 0.2) is 11.5 Å². The van der Waals surface area contributed by atoms with E-state index in [4.69, 9.17) is 14.0 Å². The van der Waals surface area contributed by atoms with E-state index in [-0.39, 0.29) is 24.2 Å². The molecule has 3 heterocycles. The summed E-state index contributed by atoms with van der Waals surface area (Å²) in [5.41, 5.74) is 2.06. The maximum absolute atomic E-state index is 13.1. The Kier molecular flexibility index (Phi) is 6.89. The minimum Gasteiger partial charge on any atom is -0.454 e. The number of amides is 1. The summed E-state index contributed by atoms with van der Waals surface area (Å²) in [6.45, 7) is 3.62. The lowest BCUT2D eigenvalue weighted by Gasteiger charge is -2.35. The van der Waals surface area contributed by atoms with E-state index in [1.165, 1.54) is 12.1 Å². The van der Waals surface area contributed by atoms with Gasteiger partial charge in [0.25, 0.3) is 5.89 Å². The van der Waals surface area contributed by atoms with Crippen molar-refractivity contribution >= 4 is 5.91 Å². The zero-order valence-electron chi connectivity index (χ0n) is 21.4. The smallest absolute Gasteiger partial charge is 0.416 e. The highest BCUT2D eigenvalue weighted by molar-refractivity contribution is 5.79. The molecule has 6 rings (SSSR count). The van der Waals surface area contributed by atoms with Crippen LogP contribution in [0.3, 0.4) is 0 Å².